The van der Waals surface area contributed by atoms with Gasteiger partial charge >= 0.3 is 0 Å². The van der Waals surface area contributed by atoms with Gasteiger partial charge in [-0.3, -0.25) is 14.0 Å². The van der Waals surface area contributed by atoms with Crippen LogP contribution in [0.4, 0.5) is 4.39 Å². The number of halogens is 1. The van der Waals surface area contributed by atoms with E-state index in [9.17, 15) is 14.0 Å². The number of carbonyl (C=O) groups excluding carboxylic acids is 1. The molecule has 5 aromatic rings. The molecule has 3 heterocycles. The van der Waals surface area contributed by atoms with E-state index in [0.717, 1.165) is 11.3 Å². The molecule has 182 valence electrons. The molecule has 3 aromatic heterocycles. The maximum Gasteiger partial charge on any atom is 0.268 e. The van der Waals surface area contributed by atoms with Crippen molar-refractivity contribution in [2.45, 2.75) is 33.2 Å². The van der Waals surface area contributed by atoms with Gasteiger partial charge in [0, 0.05) is 16.8 Å². The van der Waals surface area contributed by atoms with Gasteiger partial charge in [-0.15, -0.1) is 11.3 Å². The van der Waals surface area contributed by atoms with Crippen molar-refractivity contribution >= 4 is 22.2 Å². The van der Waals surface area contributed by atoms with Crippen LogP contribution in [0.25, 0.3) is 21.9 Å². The normalized spacial score (nSPS) is 12.1. The number of fused-ring (bicyclic) bond motifs is 1. The van der Waals surface area contributed by atoms with Crippen LogP contribution in [0.3, 0.4) is 0 Å². The zero-order valence-corrected chi connectivity index (χ0v) is 20.8. The van der Waals surface area contributed by atoms with Crippen LogP contribution in [0.5, 0.6) is 0 Å². The molecule has 0 spiro atoms. The Balaban J connectivity index is 1.48. The van der Waals surface area contributed by atoms with Crippen molar-refractivity contribution in [1.29, 1.82) is 0 Å². The fraction of sp³-hybridized carbons (Fsp3) is 0.185. The van der Waals surface area contributed by atoms with Crippen molar-refractivity contribution in [3.8, 4) is 16.9 Å². The number of carbonyl (C=O) groups is 1. The topological polar surface area (TPSA) is 81.3 Å². The van der Waals surface area contributed by atoms with E-state index in [1.165, 1.54) is 27.9 Å². The summed E-state index contributed by atoms with van der Waals surface area (Å²) < 4.78 is 16.5. The highest BCUT2D eigenvalue weighted by molar-refractivity contribution is 7.15. The Morgan fingerprint density at radius 3 is 2.56 bits per heavy atom. The molecule has 0 bridgehead atoms. The Hall–Kier alpha value is -4.11. The molecule has 5 rings (SSSR count). The summed E-state index contributed by atoms with van der Waals surface area (Å²) in [6, 6.07) is 17.4. The molecule has 0 radical (unpaired) electrons. The molecule has 9 heteroatoms. The predicted octanol–water partition coefficient (Wildman–Crippen LogP) is 4.78. The summed E-state index contributed by atoms with van der Waals surface area (Å²) in [6.45, 7) is 5.57. The highest BCUT2D eigenvalue weighted by Gasteiger charge is 2.20. The molecule has 2 aromatic carbocycles. The molecule has 36 heavy (non-hydrogen) atoms. The Morgan fingerprint density at radius 1 is 1.11 bits per heavy atom. The van der Waals surface area contributed by atoms with Crippen LogP contribution >= 0.6 is 11.3 Å². The third kappa shape index (κ3) is 4.45. The van der Waals surface area contributed by atoms with E-state index >= 15 is 0 Å². The summed E-state index contributed by atoms with van der Waals surface area (Å²) in [5.74, 6) is -0.517. The third-order valence-electron chi connectivity index (χ3n) is 6.05. The zero-order chi connectivity index (χ0) is 25.4. The van der Waals surface area contributed by atoms with Crippen LogP contribution in [-0.2, 0) is 11.2 Å². The smallest absolute Gasteiger partial charge is 0.268 e. The van der Waals surface area contributed by atoms with Gasteiger partial charge in [0.15, 0.2) is 4.96 Å². The van der Waals surface area contributed by atoms with Crippen LogP contribution in [0.15, 0.2) is 70.8 Å². The van der Waals surface area contributed by atoms with Gasteiger partial charge in [0.25, 0.3) is 5.56 Å². The molecule has 0 fully saturated rings. The number of hydrogen-bond acceptors (Lipinski definition) is 5. The minimum Gasteiger partial charge on any atom is -0.349 e. The first kappa shape index (κ1) is 23.6. The van der Waals surface area contributed by atoms with E-state index in [1.807, 2.05) is 44.2 Å². The molecule has 0 unspecified atom stereocenters. The summed E-state index contributed by atoms with van der Waals surface area (Å²) in [7, 11) is 0. The van der Waals surface area contributed by atoms with Gasteiger partial charge < -0.3 is 5.32 Å². The van der Waals surface area contributed by atoms with Crippen molar-refractivity contribution in [1.82, 2.24) is 24.5 Å². The van der Waals surface area contributed by atoms with Crippen molar-refractivity contribution < 1.29 is 9.18 Å². The lowest BCUT2D eigenvalue weighted by Gasteiger charge is -2.14. The molecule has 7 nitrogen and oxygen atoms in total. The Bertz CT molecular complexity index is 1620. The number of rotatable bonds is 6. The number of hydrogen-bond donors (Lipinski definition) is 1. The molecule has 0 saturated heterocycles. The second-order valence-electron chi connectivity index (χ2n) is 8.66. The van der Waals surface area contributed by atoms with Gasteiger partial charge in [0.2, 0.25) is 5.91 Å². The van der Waals surface area contributed by atoms with E-state index in [0.29, 0.717) is 33.3 Å². The summed E-state index contributed by atoms with van der Waals surface area (Å²) in [4.78, 5) is 31.6. The van der Waals surface area contributed by atoms with Crippen LogP contribution < -0.4 is 10.9 Å². The van der Waals surface area contributed by atoms with Gasteiger partial charge in [0.05, 0.1) is 29.4 Å². The fourth-order valence-corrected chi connectivity index (χ4v) is 5.17. The Kier molecular flexibility index (Phi) is 6.24. The second-order valence-corrected chi connectivity index (χ2v) is 9.49. The molecule has 0 aliphatic rings. The van der Waals surface area contributed by atoms with Crippen molar-refractivity contribution in [3.05, 3.63) is 105 Å². The van der Waals surface area contributed by atoms with Gasteiger partial charge in [-0.2, -0.15) is 5.10 Å². The molecule has 0 aliphatic heterocycles. The van der Waals surface area contributed by atoms with Gasteiger partial charge in [-0.25, -0.2) is 14.1 Å². The maximum absolute atomic E-state index is 13.7. The summed E-state index contributed by atoms with van der Waals surface area (Å²) in [5.41, 5.74) is 4.18. The average molecular weight is 502 g/mol. The zero-order valence-electron chi connectivity index (χ0n) is 20.0. The molecule has 0 aliphatic carbocycles. The third-order valence-corrected chi connectivity index (χ3v) is 6.93. The van der Waals surface area contributed by atoms with E-state index in [1.54, 1.807) is 35.2 Å². The Morgan fingerprint density at radius 2 is 1.83 bits per heavy atom. The number of thiazole rings is 1. The van der Waals surface area contributed by atoms with Crippen LogP contribution in [0.2, 0.25) is 0 Å². The lowest BCUT2D eigenvalue weighted by Crippen LogP contribution is -2.29. The maximum atomic E-state index is 13.7. The second kappa shape index (κ2) is 9.50. The van der Waals surface area contributed by atoms with Gasteiger partial charge in [-0.1, -0.05) is 30.3 Å². The summed E-state index contributed by atoms with van der Waals surface area (Å²) >= 11 is 1.32. The first-order valence-electron chi connectivity index (χ1n) is 11.5. The summed E-state index contributed by atoms with van der Waals surface area (Å²) in [5, 5.41) is 9.41. The quantitative estimate of drug-likeness (QED) is 0.363. The number of aromatic nitrogens is 4. The SMILES string of the molecule is Cc1nc2scc(CC(=O)N[C@H](C)c3ccccc3)n2c(=O)c1-c1cc(C)n(-c2ccc(F)cc2)n1. The van der Waals surface area contributed by atoms with Crippen molar-refractivity contribution in [2.75, 3.05) is 0 Å². The fourth-order valence-electron chi connectivity index (χ4n) is 4.25. The van der Waals surface area contributed by atoms with Crippen LogP contribution in [-0.4, -0.2) is 25.1 Å². The largest absolute Gasteiger partial charge is 0.349 e. The number of aryl methyl sites for hydroxylation is 2. The first-order valence-corrected chi connectivity index (χ1v) is 12.4. The molecule has 1 atom stereocenters. The average Bonchev–Trinajstić information content (AvgIpc) is 3.43. The standard InChI is InChI=1S/C27H24FN5O2S/c1-16-13-23(31-33(16)21-11-9-20(28)10-12-21)25-18(3)30-27-32(26(25)35)22(15-36-27)14-24(34)29-17(2)19-7-5-4-6-8-19/h4-13,15,17H,14H2,1-3H3,(H,29,34)/t17-/m1/s1. The van der Waals surface area contributed by atoms with E-state index in [4.69, 9.17) is 0 Å². The van der Waals surface area contributed by atoms with Crippen molar-refractivity contribution in [2.24, 2.45) is 0 Å². The first-order chi connectivity index (χ1) is 17.3. The minimum atomic E-state index is -0.334. The van der Waals surface area contributed by atoms with Crippen LogP contribution in [0.1, 0.15) is 35.6 Å². The Labute approximate surface area is 210 Å². The molecular weight excluding hydrogens is 477 g/mol. The van der Waals surface area contributed by atoms with E-state index in [-0.39, 0.29) is 29.7 Å². The minimum absolute atomic E-state index is 0.0459. The van der Waals surface area contributed by atoms with Gasteiger partial charge in [-0.05, 0) is 56.7 Å². The lowest BCUT2D eigenvalue weighted by atomic mass is 10.1. The number of nitrogens with zero attached hydrogens (tertiary/aromatic N) is 4. The van der Waals surface area contributed by atoms with Crippen LogP contribution in [0, 0.1) is 19.7 Å². The van der Waals surface area contributed by atoms with E-state index < -0.39 is 0 Å². The lowest BCUT2D eigenvalue weighted by molar-refractivity contribution is -0.121. The highest BCUT2D eigenvalue weighted by Crippen LogP contribution is 2.24. The monoisotopic (exact) mass is 501 g/mol. The van der Waals surface area contributed by atoms with E-state index in [2.05, 4.69) is 15.4 Å². The molecule has 0 saturated carbocycles. The molecule has 1 N–H and O–H groups in total. The van der Waals surface area contributed by atoms with Crippen molar-refractivity contribution in [3.63, 3.8) is 0 Å². The van der Waals surface area contributed by atoms with Gasteiger partial charge in [0.1, 0.15) is 11.5 Å². The molecule has 1 amide bonds. The predicted molar refractivity (Wildman–Crippen MR) is 138 cm³/mol. The highest BCUT2D eigenvalue weighted by atomic mass is 32.1. The molecular formula is C27H24FN5O2S. The number of benzene rings is 2. The summed E-state index contributed by atoms with van der Waals surface area (Å²) in [6.07, 6.45) is 0.0459. The number of nitrogens with one attached hydrogen (secondary N) is 1. The number of amides is 1.